The van der Waals surface area contributed by atoms with E-state index in [4.69, 9.17) is 5.14 Å². The van der Waals surface area contributed by atoms with Crippen molar-refractivity contribution in [3.05, 3.63) is 26.2 Å². The quantitative estimate of drug-likeness (QED) is 0.662. The number of rotatable bonds is 3. The lowest BCUT2D eigenvalue weighted by Gasteiger charge is -2.03. The van der Waals surface area contributed by atoms with Gasteiger partial charge in [-0.1, -0.05) is 0 Å². The third kappa shape index (κ3) is 2.92. The highest BCUT2D eigenvalue weighted by Gasteiger charge is 2.30. The predicted octanol–water partition coefficient (Wildman–Crippen LogP) is 1.34. The molecule has 0 saturated heterocycles. The van der Waals surface area contributed by atoms with E-state index >= 15 is 0 Å². The van der Waals surface area contributed by atoms with Crippen molar-refractivity contribution in [1.82, 2.24) is 4.98 Å². The molecular formula is C6H4BrF2N3O4S. The molecule has 2 N–H and O–H groups in total. The van der Waals surface area contributed by atoms with Gasteiger partial charge in [-0.15, -0.1) is 0 Å². The number of nitrogens with zero attached hydrogens (tertiary/aromatic N) is 2. The molecule has 1 aromatic rings. The molecule has 0 aliphatic carbocycles. The molecule has 1 aromatic heterocycles. The van der Waals surface area contributed by atoms with Crippen molar-refractivity contribution in [2.75, 3.05) is 0 Å². The van der Waals surface area contributed by atoms with E-state index in [0.29, 0.717) is 6.07 Å². The molecule has 0 saturated carbocycles. The fourth-order valence-corrected chi connectivity index (χ4v) is 2.54. The molecule has 0 aromatic carbocycles. The van der Waals surface area contributed by atoms with Gasteiger partial charge in [0.1, 0.15) is 5.56 Å². The Hall–Kier alpha value is -1.20. The smallest absolute Gasteiger partial charge is 0.358 e. The number of hydrogen-bond donors (Lipinski definition) is 1. The number of halogens is 3. The van der Waals surface area contributed by atoms with Crippen LogP contribution in [0.25, 0.3) is 0 Å². The Kier molecular flexibility index (Phi) is 3.74. The normalized spacial score (nSPS) is 11.8. The first-order chi connectivity index (χ1) is 7.64. The van der Waals surface area contributed by atoms with Crippen molar-refractivity contribution >= 4 is 31.8 Å². The van der Waals surface area contributed by atoms with E-state index in [1.54, 1.807) is 0 Å². The van der Waals surface area contributed by atoms with Crippen LogP contribution in [0.3, 0.4) is 0 Å². The van der Waals surface area contributed by atoms with Gasteiger partial charge in [-0.2, -0.15) is 0 Å². The minimum absolute atomic E-state index is 0.360. The Labute approximate surface area is 102 Å². The molecule has 94 valence electrons. The second kappa shape index (κ2) is 4.58. The lowest BCUT2D eigenvalue weighted by molar-refractivity contribution is -0.391. The van der Waals surface area contributed by atoms with E-state index in [0.717, 1.165) is 0 Å². The first-order valence-corrected chi connectivity index (χ1v) is 6.14. The van der Waals surface area contributed by atoms with Gasteiger partial charge >= 0.3 is 5.82 Å². The van der Waals surface area contributed by atoms with E-state index in [1.807, 2.05) is 0 Å². The molecule has 1 rings (SSSR count). The van der Waals surface area contributed by atoms with Gasteiger partial charge in [0.05, 0.1) is 4.47 Å². The van der Waals surface area contributed by atoms with Crippen molar-refractivity contribution in [3.8, 4) is 0 Å². The lowest BCUT2D eigenvalue weighted by atomic mass is 10.3. The predicted molar refractivity (Wildman–Crippen MR) is 54.9 cm³/mol. The zero-order valence-corrected chi connectivity index (χ0v) is 10.2. The van der Waals surface area contributed by atoms with Crippen molar-refractivity contribution in [3.63, 3.8) is 0 Å². The number of hydrogen-bond acceptors (Lipinski definition) is 5. The summed E-state index contributed by atoms with van der Waals surface area (Å²) in [6.45, 7) is 0. The Morgan fingerprint density at radius 3 is 2.41 bits per heavy atom. The van der Waals surface area contributed by atoms with E-state index in [1.165, 1.54) is 0 Å². The highest BCUT2D eigenvalue weighted by atomic mass is 79.9. The second-order valence-corrected chi connectivity index (χ2v) is 5.12. The molecule has 0 atom stereocenters. The van der Waals surface area contributed by atoms with Crippen molar-refractivity contribution in [2.45, 2.75) is 11.5 Å². The molecular weight excluding hydrogens is 328 g/mol. The average Bonchev–Trinajstić information content (AvgIpc) is 2.14. The summed E-state index contributed by atoms with van der Waals surface area (Å²) in [5, 5.41) is 14.3. The largest absolute Gasteiger partial charge is 0.373 e. The van der Waals surface area contributed by atoms with Crippen LogP contribution >= 0.6 is 15.9 Å². The van der Waals surface area contributed by atoms with Gasteiger partial charge in [0.15, 0.2) is 0 Å². The summed E-state index contributed by atoms with van der Waals surface area (Å²) in [4.78, 5) is 12.3. The fraction of sp³-hybridized carbons (Fsp3) is 0.167. The van der Waals surface area contributed by atoms with Crippen molar-refractivity contribution < 1.29 is 22.1 Å². The maximum Gasteiger partial charge on any atom is 0.373 e. The molecule has 0 unspecified atom stereocenters. The molecule has 17 heavy (non-hydrogen) atoms. The highest BCUT2D eigenvalue weighted by Crippen LogP contribution is 2.32. The number of primary sulfonamides is 1. The molecule has 0 fully saturated rings. The van der Waals surface area contributed by atoms with Crippen LogP contribution in [0.4, 0.5) is 14.6 Å². The molecule has 7 nitrogen and oxygen atoms in total. The summed E-state index contributed by atoms with van der Waals surface area (Å²) >= 11 is 2.66. The van der Waals surface area contributed by atoms with Crippen LogP contribution in [0.15, 0.2) is 15.6 Å². The van der Waals surface area contributed by atoms with Gasteiger partial charge in [-0.3, -0.25) is 0 Å². The molecule has 0 aliphatic rings. The molecule has 1 heterocycles. The number of sulfonamides is 1. The Morgan fingerprint density at radius 2 is 2.06 bits per heavy atom. The summed E-state index contributed by atoms with van der Waals surface area (Å²) in [6.07, 6.45) is -3.16. The van der Waals surface area contributed by atoms with E-state index < -0.39 is 37.8 Å². The summed E-state index contributed by atoms with van der Waals surface area (Å²) in [5.74, 6) is -1.24. The number of nitrogens with two attached hydrogens (primary N) is 1. The Bertz CT molecular complexity index is 577. The lowest BCUT2D eigenvalue weighted by Crippen LogP contribution is -2.16. The van der Waals surface area contributed by atoms with Crippen LogP contribution in [0.5, 0.6) is 0 Å². The minimum atomic E-state index is -4.34. The number of nitro groups is 1. The van der Waals surface area contributed by atoms with Gasteiger partial charge in [0.2, 0.25) is 0 Å². The van der Waals surface area contributed by atoms with Crippen LogP contribution in [0, 0.1) is 10.1 Å². The van der Waals surface area contributed by atoms with Gasteiger partial charge in [-0.25, -0.2) is 22.3 Å². The maximum atomic E-state index is 12.5. The van der Waals surface area contributed by atoms with E-state index in [2.05, 4.69) is 20.9 Å². The number of aromatic nitrogens is 1. The third-order valence-corrected chi connectivity index (χ3v) is 3.35. The number of alkyl halides is 2. The first-order valence-electron chi connectivity index (χ1n) is 3.80. The van der Waals surface area contributed by atoms with Crippen LogP contribution in [0.1, 0.15) is 12.0 Å². The van der Waals surface area contributed by atoms with Crippen molar-refractivity contribution in [1.29, 1.82) is 0 Å². The Morgan fingerprint density at radius 1 is 1.53 bits per heavy atom. The first kappa shape index (κ1) is 13.9. The SMILES string of the molecule is NS(=O)(=O)c1nc([N+](=O)[O-])c(C(F)F)cc1Br. The third-order valence-electron chi connectivity index (χ3n) is 1.63. The summed E-state index contributed by atoms with van der Waals surface area (Å²) in [5.41, 5.74) is -0.991. The minimum Gasteiger partial charge on any atom is -0.358 e. The van der Waals surface area contributed by atoms with E-state index in [9.17, 15) is 27.3 Å². The second-order valence-electron chi connectivity index (χ2n) is 2.79. The molecule has 0 bridgehead atoms. The van der Waals surface area contributed by atoms with Crippen LogP contribution in [-0.2, 0) is 10.0 Å². The zero-order valence-electron chi connectivity index (χ0n) is 7.80. The van der Waals surface area contributed by atoms with Crippen LogP contribution in [0.2, 0.25) is 0 Å². The Balaban J connectivity index is 3.63. The van der Waals surface area contributed by atoms with Crippen molar-refractivity contribution in [2.24, 2.45) is 5.14 Å². The monoisotopic (exact) mass is 331 g/mol. The molecule has 0 spiro atoms. The van der Waals surface area contributed by atoms with Gasteiger partial charge in [-0.05, 0) is 31.9 Å². The topological polar surface area (TPSA) is 116 Å². The summed E-state index contributed by atoms with van der Waals surface area (Å²) < 4.78 is 46.5. The fourth-order valence-electron chi connectivity index (χ4n) is 0.983. The molecule has 11 heteroatoms. The molecule has 0 radical (unpaired) electrons. The van der Waals surface area contributed by atoms with Crippen LogP contribution in [-0.4, -0.2) is 18.3 Å². The average molecular weight is 332 g/mol. The zero-order chi connectivity index (χ0) is 13.4. The standard InChI is InChI=1S/C6H4BrF2N3O4S/c7-3-1-2(4(8)9)5(12(13)14)11-6(3)17(10,15)16/h1,4H,(H2,10,15,16). The molecule has 0 amide bonds. The van der Waals surface area contributed by atoms with E-state index in [-0.39, 0.29) is 4.47 Å². The highest BCUT2D eigenvalue weighted by molar-refractivity contribution is 9.10. The van der Waals surface area contributed by atoms with Crippen LogP contribution < -0.4 is 5.14 Å². The number of pyridine rings is 1. The maximum absolute atomic E-state index is 12.5. The van der Waals surface area contributed by atoms with Gasteiger partial charge < -0.3 is 10.1 Å². The molecule has 0 aliphatic heterocycles. The summed E-state index contributed by atoms with van der Waals surface area (Å²) in [6, 6.07) is 0.607. The summed E-state index contributed by atoms with van der Waals surface area (Å²) in [7, 11) is -4.34. The van der Waals surface area contributed by atoms with Gasteiger partial charge in [0.25, 0.3) is 21.5 Å². The van der Waals surface area contributed by atoms with Gasteiger partial charge in [0, 0.05) is 0 Å².